The van der Waals surface area contributed by atoms with E-state index in [0.29, 0.717) is 0 Å². The maximum atomic E-state index is 8.52. The van der Waals surface area contributed by atoms with Gasteiger partial charge in [-0.15, -0.1) is 0 Å². The molecule has 0 atom stereocenters. The Hall–Kier alpha value is -0.453. The van der Waals surface area contributed by atoms with Crippen molar-refractivity contribution in [2.24, 2.45) is 0 Å². The Bertz CT molecular complexity index is 503. The summed E-state index contributed by atoms with van der Waals surface area (Å²) in [4.78, 5) is 8.37. The van der Waals surface area contributed by atoms with Gasteiger partial charge in [0, 0.05) is 22.8 Å². The number of hydrogen-bond acceptors (Lipinski definition) is 6. The van der Waals surface area contributed by atoms with Gasteiger partial charge in [-0.25, -0.2) is 0 Å². The first kappa shape index (κ1) is 17.5. The van der Waals surface area contributed by atoms with E-state index >= 15 is 0 Å². The van der Waals surface area contributed by atoms with Crippen molar-refractivity contribution in [3.05, 3.63) is 48.8 Å². The molecule has 0 spiro atoms. The van der Waals surface area contributed by atoms with E-state index in [1.165, 1.54) is 0 Å². The van der Waals surface area contributed by atoms with Crippen LogP contribution in [0.3, 0.4) is 0 Å². The molecular formula is C10H8CeN2O4S+. The Kier molecular flexibility index (Phi) is 8.40. The molecule has 0 saturated heterocycles. The third kappa shape index (κ3) is 8.61. The number of pyridine rings is 2. The van der Waals surface area contributed by atoms with E-state index in [1.54, 1.807) is 12.4 Å². The minimum Gasteiger partial charge on any atom is -0.759 e. The summed E-state index contributed by atoms with van der Waals surface area (Å²) in [6, 6.07) is 11.6. The normalized spacial score (nSPS) is 9.67. The van der Waals surface area contributed by atoms with Gasteiger partial charge in [0.15, 0.2) is 0 Å². The Balaban J connectivity index is 0.000000421. The van der Waals surface area contributed by atoms with E-state index in [9.17, 15) is 0 Å². The van der Waals surface area contributed by atoms with Gasteiger partial charge in [0.1, 0.15) is 0 Å². The molecule has 91 valence electrons. The molecule has 0 aliphatic rings. The Labute approximate surface area is 138 Å². The third-order valence-corrected chi connectivity index (χ3v) is 1.59. The minimum absolute atomic E-state index is 0. The fraction of sp³-hybridized carbons (Fsp3) is 0. The summed E-state index contributed by atoms with van der Waals surface area (Å²) >= 11 is 0. The van der Waals surface area contributed by atoms with Crippen LogP contribution in [0.5, 0.6) is 0 Å². The van der Waals surface area contributed by atoms with Crippen molar-refractivity contribution in [2.45, 2.75) is 0 Å². The molecule has 0 bridgehead atoms. The molecule has 18 heavy (non-hydrogen) atoms. The van der Waals surface area contributed by atoms with Gasteiger partial charge in [0.25, 0.3) is 0 Å². The van der Waals surface area contributed by atoms with Crippen LogP contribution in [-0.2, 0) is 10.4 Å². The van der Waals surface area contributed by atoms with Crippen molar-refractivity contribution >= 4 is 10.4 Å². The monoisotopic (exact) mass is 392 g/mol. The first-order valence-corrected chi connectivity index (χ1v) is 5.79. The Morgan fingerprint density at radius 3 is 1.39 bits per heavy atom. The predicted molar refractivity (Wildman–Crippen MR) is 57.9 cm³/mol. The zero-order valence-electron chi connectivity index (χ0n) is 9.05. The van der Waals surface area contributed by atoms with Crippen molar-refractivity contribution in [3.8, 4) is 11.4 Å². The standard InChI is InChI=1S/C10H8N2.Ce.H2O4S/c1-3-7-11-9(5-1)10-6-2-4-8-12-10;;1-5(2,3)4/h1-8H;;(H2,1,2,3,4)/q;+3;/p-2. The molecule has 0 aromatic carbocycles. The molecule has 8 heteroatoms. The predicted octanol–water partition coefficient (Wildman–Crippen LogP) is 0.806. The van der Waals surface area contributed by atoms with Crippen LogP contribution < -0.4 is 0 Å². The molecule has 2 rings (SSSR count). The van der Waals surface area contributed by atoms with Gasteiger partial charge in [0.05, 0.1) is 11.4 Å². The summed E-state index contributed by atoms with van der Waals surface area (Å²) in [5.41, 5.74) is 1.83. The van der Waals surface area contributed by atoms with Gasteiger partial charge in [-0.1, -0.05) is 12.1 Å². The summed E-state index contributed by atoms with van der Waals surface area (Å²) in [6.45, 7) is 0. The largest absolute Gasteiger partial charge is 3.00 e. The van der Waals surface area contributed by atoms with Crippen molar-refractivity contribution < 1.29 is 59.3 Å². The summed E-state index contributed by atoms with van der Waals surface area (Å²) in [6.07, 6.45) is 3.54. The van der Waals surface area contributed by atoms with Gasteiger partial charge >= 0.3 is 41.7 Å². The van der Waals surface area contributed by atoms with Crippen molar-refractivity contribution in [1.29, 1.82) is 0 Å². The molecule has 1 radical (unpaired) electrons. The van der Waals surface area contributed by atoms with Gasteiger partial charge in [-0.05, 0) is 24.3 Å². The second-order valence-electron chi connectivity index (χ2n) is 2.84. The van der Waals surface area contributed by atoms with E-state index in [2.05, 4.69) is 9.97 Å². The maximum Gasteiger partial charge on any atom is 3.00 e. The topological polar surface area (TPSA) is 106 Å². The van der Waals surface area contributed by atoms with Gasteiger partial charge in [-0.2, -0.15) is 0 Å². The van der Waals surface area contributed by atoms with Gasteiger partial charge in [0.2, 0.25) is 0 Å². The molecule has 0 unspecified atom stereocenters. The molecule has 6 nitrogen and oxygen atoms in total. The molecule has 0 N–H and O–H groups in total. The second-order valence-corrected chi connectivity index (χ2v) is 3.65. The Morgan fingerprint density at radius 1 is 0.833 bits per heavy atom. The molecule has 0 fully saturated rings. The molecule has 2 heterocycles. The number of hydrogen-bond donors (Lipinski definition) is 0. The number of nitrogens with zero attached hydrogens (tertiary/aromatic N) is 2. The molecule has 0 aliphatic heterocycles. The van der Waals surface area contributed by atoms with Crippen molar-refractivity contribution in [1.82, 2.24) is 9.97 Å². The van der Waals surface area contributed by atoms with E-state index in [1.807, 2.05) is 36.4 Å². The fourth-order valence-electron chi connectivity index (χ4n) is 1.03. The van der Waals surface area contributed by atoms with Crippen LogP contribution in [0, 0.1) is 41.7 Å². The maximum absolute atomic E-state index is 8.52. The summed E-state index contributed by atoms with van der Waals surface area (Å²) in [5, 5.41) is 0. The second kappa shape index (κ2) is 8.61. The summed E-state index contributed by atoms with van der Waals surface area (Å²) < 4.78 is 34.1. The van der Waals surface area contributed by atoms with Crippen LogP contribution in [0.25, 0.3) is 11.4 Å². The zero-order valence-corrected chi connectivity index (χ0v) is 13.0. The van der Waals surface area contributed by atoms with Crippen molar-refractivity contribution in [2.75, 3.05) is 0 Å². The minimum atomic E-state index is -5.17. The fourth-order valence-corrected chi connectivity index (χ4v) is 1.03. The van der Waals surface area contributed by atoms with E-state index < -0.39 is 10.4 Å². The van der Waals surface area contributed by atoms with E-state index in [-0.39, 0.29) is 41.7 Å². The van der Waals surface area contributed by atoms with Gasteiger partial charge < -0.3 is 9.11 Å². The van der Waals surface area contributed by atoms with Crippen LogP contribution in [0.1, 0.15) is 0 Å². The number of rotatable bonds is 1. The first-order chi connectivity index (χ1) is 7.97. The van der Waals surface area contributed by atoms with Crippen LogP contribution in [0.2, 0.25) is 0 Å². The molecule has 0 aliphatic carbocycles. The molecular weight excluding hydrogens is 384 g/mol. The van der Waals surface area contributed by atoms with Crippen LogP contribution in [0.15, 0.2) is 48.8 Å². The van der Waals surface area contributed by atoms with Gasteiger partial charge in [-0.3, -0.25) is 18.4 Å². The quantitative estimate of drug-likeness (QED) is 0.525. The SMILES string of the molecule is O=S(=O)([O-])[O-].[Ce+3].c1ccc(-c2ccccn2)nc1. The molecule has 2 aromatic heterocycles. The average molecular weight is 392 g/mol. The van der Waals surface area contributed by atoms with Crippen LogP contribution in [-0.4, -0.2) is 27.5 Å². The zero-order chi connectivity index (χ0) is 12.7. The van der Waals surface area contributed by atoms with Crippen LogP contribution in [0.4, 0.5) is 0 Å². The summed E-state index contributed by atoms with van der Waals surface area (Å²) in [7, 11) is -5.17. The summed E-state index contributed by atoms with van der Waals surface area (Å²) in [5.74, 6) is 0. The molecule has 0 amide bonds. The Morgan fingerprint density at radius 2 is 1.17 bits per heavy atom. The average Bonchev–Trinajstić information content (AvgIpc) is 2.29. The van der Waals surface area contributed by atoms with Crippen molar-refractivity contribution in [3.63, 3.8) is 0 Å². The third-order valence-electron chi connectivity index (χ3n) is 1.59. The van der Waals surface area contributed by atoms with E-state index in [0.717, 1.165) is 11.4 Å². The number of aromatic nitrogens is 2. The smallest absolute Gasteiger partial charge is 0.759 e. The van der Waals surface area contributed by atoms with Crippen LogP contribution >= 0.6 is 0 Å². The van der Waals surface area contributed by atoms with E-state index in [4.69, 9.17) is 17.5 Å². The molecule has 2 aromatic rings. The molecule has 0 saturated carbocycles. The first-order valence-electron chi connectivity index (χ1n) is 4.46.